The topological polar surface area (TPSA) is 43.8 Å². The van der Waals surface area contributed by atoms with Gasteiger partial charge in [-0.25, -0.2) is 0 Å². The molecular weight excluding hydrogens is 326 g/mol. The Hall–Kier alpha value is -2.07. The molecule has 1 aromatic heterocycles. The van der Waals surface area contributed by atoms with Crippen LogP contribution in [0.2, 0.25) is 0 Å². The lowest BCUT2D eigenvalue weighted by molar-refractivity contribution is 0.782. The Balaban J connectivity index is 2.29. The standard InChI is InChI=1S/C17H16BrN3/c1-11-8-9-14(18)13(10-11)16-15(17(19)21(2)20-16)12-6-4-3-5-7-12/h3-10H,19H2,1-2H3. The molecule has 0 aliphatic rings. The normalized spacial score (nSPS) is 10.8. The van der Waals surface area contributed by atoms with Crippen molar-refractivity contribution >= 4 is 21.7 Å². The van der Waals surface area contributed by atoms with Gasteiger partial charge in [-0.1, -0.05) is 57.9 Å². The van der Waals surface area contributed by atoms with Crippen LogP contribution >= 0.6 is 15.9 Å². The zero-order valence-corrected chi connectivity index (χ0v) is 13.6. The maximum atomic E-state index is 6.25. The van der Waals surface area contributed by atoms with Gasteiger partial charge >= 0.3 is 0 Å². The predicted molar refractivity (Wildman–Crippen MR) is 90.9 cm³/mol. The Labute approximate surface area is 132 Å². The number of halogens is 1. The van der Waals surface area contributed by atoms with Gasteiger partial charge in [0.1, 0.15) is 11.5 Å². The van der Waals surface area contributed by atoms with E-state index in [1.165, 1.54) is 5.56 Å². The molecule has 3 aromatic rings. The minimum Gasteiger partial charge on any atom is -0.383 e. The maximum Gasteiger partial charge on any atom is 0.129 e. The number of rotatable bonds is 2. The highest BCUT2D eigenvalue weighted by Crippen LogP contribution is 2.38. The highest BCUT2D eigenvalue weighted by molar-refractivity contribution is 9.10. The summed E-state index contributed by atoms with van der Waals surface area (Å²) in [6.45, 7) is 2.07. The lowest BCUT2D eigenvalue weighted by Gasteiger charge is -2.07. The summed E-state index contributed by atoms with van der Waals surface area (Å²) >= 11 is 3.62. The zero-order valence-electron chi connectivity index (χ0n) is 12.0. The minimum atomic E-state index is 0.671. The molecule has 0 spiro atoms. The van der Waals surface area contributed by atoms with Crippen LogP contribution in [0.5, 0.6) is 0 Å². The van der Waals surface area contributed by atoms with Crippen LogP contribution in [0.1, 0.15) is 5.56 Å². The van der Waals surface area contributed by atoms with Crippen LogP contribution in [-0.4, -0.2) is 9.78 Å². The third-order valence-corrected chi connectivity index (χ3v) is 4.22. The van der Waals surface area contributed by atoms with E-state index in [0.717, 1.165) is 26.9 Å². The van der Waals surface area contributed by atoms with Gasteiger partial charge in [0.15, 0.2) is 0 Å². The fourth-order valence-electron chi connectivity index (χ4n) is 2.44. The Kier molecular flexibility index (Phi) is 3.55. The van der Waals surface area contributed by atoms with E-state index in [1.807, 2.05) is 31.3 Å². The van der Waals surface area contributed by atoms with Crippen LogP contribution in [0, 0.1) is 6.92 Å². The fourth-order valence-corrected chi connectivity index (χ4v) is 2.87. The van der Waals surface area contributed by atoms with Crippen LogP contribution in [0.25, 0.3) is 22.4 Å². The highest BCUT2D eigenvalue weighted by atomic mass is 79.9. The SMILES string of the molecule is Cc1ccc(Br)c(-c2nn(C)c(N)c2-c2ccccc2)c1. The van der Waals surface area contributed by atoms with E-state index in [0.29, 0.717) is 5.82 Å². The first-order valence-corrected chi connectivity index (χ1v) is 7.51. The molecule has 0 aliphatic carbocycles. The van der Waals surface area contributed by atoms with Crippen LogP contribution in [0.3, 0.4) is 0 Å². The van der Waals surface area contributed by atoms with Gasteiger partial charge in [0.25, 0.3) is 0 Å². The summed E-state index contributed by atoms with van der Waals surface area (Å²) in [5.41, 5.74) is 11.4. The highest BCUT2D eigenvalue weighted by Gasteiger charge is 2.18. The summed E-state index contributed by atoms with van der Waals surface area (Å²) in [7, 11) is 1.87. The van der Waals surface area contributed by atoms with Gasteiger partial charge in [0.05, 0.1) is 5.56 Å². The van der Waals surface area contributed by atoms with Gasteiger partial charge in [-0.15, -0.1) is 0 Å². The van der Waals surface area contributed by atoms with Gasteiger partial charge in [-0.05, 0) is 24.6 Å². The lowest BCUT2D eigenvalue weighted by Crippen LogP contribution is -1.97. The molecule has 2 aromatic carbocycles. The van der Waals surface area contributed by atoms with Crippen molar-refractivity contribution in [2.24, 2.45) is 7.05 Å². The summed E-state index contributed by atoms with van der Waals surface area (Å²) in [6.07, 6.45) is 0. The van der Waals surface area contributed by atoms with E-state index < -0.39 is 0 Å². The monoisotopic (exact) mass is 341 g/mol. The first kappa shape index (κ1) is 13.9. The minimum absolute atomic E-state index is 0.671. The van der Waals surface area contributed by atoms with E-state index in [9.17, 15) is 0 Å². The molecule has 0 fully saturated rings. The number of nitrogens with two attached hydrogens (primary N) is 1. The molecule has 3 nitrogen and oxygen atoms in total. The zero-order chi connectivity index (χ0) is 15.0. The molecule has 106 valence electrons. The smallest absolute Gasteiger partial charge is 0.129 e. The van der Waals surface area contributed by atoms with Crippen molar-refractivity contribution in [3.8, 4) is 22.4 Å². The van der Waals surface area contributed by atoms with Crippen molar-refractivity contribution in [2.75, 3.05) is 5.73 Å². The first-order valence-electron chi connectivity index (χ1n) is 6.72. The summed E-state index contributed by atoms with van der Waals surface area (Å²) in [5.74, 6) is 0.671. The number of hydrogen-bond donors (Lipinski definition) is 1. The molecule has 0 atom stereocenters. The summed E-state index contributed by atoms with van der Waals surface area (Å²) in [6, 6.07) is 16.4. The van der Waals surface area contributed by atoms with E-state index in [4.69, 9.17) is 5.73 Å². The quantitative estimate of drug-likeness (QED) is 0.750. The summed E-state index contributed by atoms with van der Waals surface area (Å²) in [4.78, 5) is 0. The third kappa shape index (κ3) is 2.47. The van der Waals surface area contributed by atoms with Crippen LogP contribution in [-0.2, 0) is 7.05 Å². The van der Waals surface area contributed by atoms with Gasteiger partial charge < -0.3 is 5.73 Å². The molecule has 21 heavy (non-hydrogen) atoms. The molecule has 0 bridgehead atoms. The molecule has 1 heterocycles. The number of aryl methyl sites for hydroxylation is 2. The molecule has 0 saturated heterocycles. The van der Waals surface area contributed by atoms with Crippen molar-refractivity contribution in [1.82, 2.24) is 9.78 Å². The van der Waals surface area contributed by atoms with Crippen molar-refractivity contribution in [2.45, 2.75) is 6.92 Å². The average molecular weight is 342 g/mol. The van der Waals surface area contributed by atoms with Gasteiger partial charge in [0, 0.05) is 17.1 Å². The van der Waals surface area contributed by atoms with Crippen LogP contribution in [0.4, 0.5) is 5.82 Å². The number of nitrogens with zero attached hydrogens (tertiary/aromatic N) is 2. The summed E-state index contributed by atoms with van der Waals surface area (Å²) in [5, 5.41) is 4.62. The predicted octanol–water partition coefficient (Wildman–Crippen LogP) is 4.41. The first-order chi connectivity index (χ1) is 10.1. The number of nitrogen functional groups attached to an aromatic ring is 1. The number of anilines is 1. The van der Waals surface area contributed by atoms with Gasteiger partial charge in [-0.2, -0.15) is 5.10 Å². The number of aromatic nitrogens is 2. The fraction of sp³-hybridized carbons (Fsp3) is 0.118. The van der Waals surface area contributed by atoms with Gasteiger partial charge in [-0.3, -0.25) is 4.68 Å². The number of hydrogen-bond acceptors (Lipinski definition) is 2. The second-order valence-corrected chi connectivity index (χ2v) is 5.94. The van der Waals surface area contributed by atoms with Crippen molar-refractivity contribution in [1.29, 1.82) is 0 Å². The Morgan fingerprint density at radius 1 is 1.10 bits per heavy atom. The largest absolute Gasteiger partial charge is 0.383 e. The van der Waals surface area contributed by atoms with E-state index in [-0.39, 0.29) is 0 Å². The van der Waals surface area contributed by atoms with Crippen molar-refractivity contribution < 1.29 is 0 Å². The molecule has 0 saturated carbocycles. The lowest BCUT2D eigenvalue weighted by atomic mass is 10.00. The molecular formula is C17H16BrN3. The van der Waals surface area contributed by atoms with Crippen LogP contribution < -0.4 is 5.73 Å². The van der Waals surface area contributed by atoms with Crippen LogP contribution in [0.15, 0.2) is 53.0 Å². The second kappa shape index (κ2) is 5.37. The molecule has 0 aliphatic heterocycles. The van der Waals surface area contributed by atoms with E-state index in [1.54, 1.807) is 4.68 Å². The Morgan fingerprint density at radius 3 is 2.52 bits per heavy atom. The van der Waals surface area contributed by atoms with Crippen molar-refractivity contribution in [3.63, 3.8) is 0 Å². The van der Waals surface area contributed by atoms with Crippen molar-refractivity contribution in [3.05, 3.63) is 58.6 Å². The molecule has 0 unspecified atom stereocenters. The Bertz CT molecular complexity index is 791. The van der Waals surface area contributed by atoms with E-state index in [2.05, 4.69) is 52.2 Å². The van der Waals surface area contributed by atoms with E-state index >= 15 is 0 Å². The third-order valence-electron chi connectivity index (χ3n) is 3.53. The average Bonchev–Trinajstić information content (AvgIpc) is 2.78. The maximum absolute atomic E-state index is 6.25. The Morgan fingerprint density at radius 2 is 1.81 bits per heavy atom. The van der Waals surface area contributed by atoms with Gasteiger partial charge in [0.2, 0.25) is 0 Å². The molecule has 2 N–H and O–H groups in total. The molecule has 0 radical (unpaired) electrons. The summed E-state index contributed by atoms with van der Waals surface area (Å²) < 4.78 is 2.75. The number of benzene rings is 2. The second-order valence-electron chi connectivity index (χ2n) is 5.08. The molecule has 3 rings (SSSR count). The molecule has 4 heteroatoms. The molecule has 0 amide bonds.